The van der Waals surface area contributed by atoms with Crippen LogP contribution in [0.4, 0.5) is 0 Å². The van der Waals surface area contributed by atoms with Gasteiger partial charge in [0, 0.05) is 6.42 Å². The third-order valence-corrected chi connectivity index (χ3v) is 2.28. The molecule has 0 amide bonds. The summed E-state index contributed by atoms with van der Waals surface area (Å²) in [6.45, 7) is 3.61. The van der Waals surface area contributed by atoms with E-state index >= 15 is 0 Å². The average Bonchev–Trinajstić information content (AvgIpc) is 2.20. The molecule has 0 aromatic rings. The lowest BCUT2D eigenvalue weighted by Crippen LogP contribution is -1.93. The number of hydrogen-bond donors (Lipinski definition) is 1. The van der Waals surface area contributed by atoms with Gasteiger partial charge < -0.3 is 5.11 Å². The molecule has 0 bridgehead atoms. The van der Waals surface area contributed by atoms with Crippen LogP contribution < -0.4 is 0 Å². The Kier molecular flexibility index (Phi) is 10.3. The highest BCUT2D eigenvalue weighted by atomic mass is 16.4. The molecule has 0 aliphatic carbocycles. The quantitative estimate of drug-likeness (QED) is 0.438. The lowest BCUT2D eigenvalue weighted by Gasteiger charge is -1.98. The molecule has 1 N–H and O–H groups in total. The van der Waals surface area contributed by atoms with Crippen LogP contribution in [0.5, 0.6) is 0 Å². The molecule has 0 aliphatic rings. The van der Waals surface area contributed by atoms with Crippen LogP contribution in [-0.2, 0) is 4.79 Å². The Bertz CT molecular complexity index is 195. The van der Waals surface area contributed by atoms with E-state index in [0.29, 0.717) is 6.42 Å². The molecule has 0 aliphatic heterocycles. The third kappa shape index (κ3) is 12.9. The minimum absolute atomic E-state index is 0.322. The highest BCUT2D eigenvalue weighted by Gasteiger charge is 1.95. The monoisotopic (exact) mass is 210 g/mol. The predicted molar refractivity (Wildman–Crippen MR) is 63.9 cm³/mol. The van der Waals surface area contributed by atoms with Crippen molar-refractivity contribution in [3.05, 3.63) is 24.8 Å². The first kappa shape index (κ1) is 13.9. The van der Waals surface area contributed by atoms with Crippen molar-refractivity contribution < 1.29 is 9.90 Å². The second-order valence-corrected chi connectivity index (χ2v) is 3.72. The van der Waals surface area contributed by atoms with Gasteiger partial charge in [0.1, 0.15) is 0 Å². The molecular weight excluding hydrogens is 188 g/mol. The molecule has 0 fully saturated rings. The standard InChI is InChI=1S/C13H22O2/c1-2-3-4-5-6-7-8-9-10-11-12-13(14)15/h2-4H,1,5-12H2,(H,14,15). The van der Waals surface area contributed by atoms with Gasteiger partial charge in [-0.25, -0.2) is 0 Å². The number of hydrogen-bond acceptors (Lipinski definition) is 1. The van der Waals surface area contributed by atoms with Crippen LogP contribution >= 0.6 is 0 Å². The van der Waals surface area contributed by atoms with E-state index in [4.69, 9.17) is 5.11 Å². The SMILES string of the molecule is C=CC=CCCCCCCCCC(=O)O. The second kappa shape index (κ2) is 11.0. The van der Waals surface area contributed by atoms with Gasteiger partial charge in [-0.1, -0.05) is 50.5 Å². The molecule has 15 heavy (non-hydrogen) atoms. The maximum atomic E-state index is 10.2. The minimum atomic E-state index is -0.676. The molecular formula is C13H22O2. The largest absolute Gasteiger partial charge is 0.481 e. The molecule has 2 heteroatoms. The fourth-order valence-electron chi connectivity index (χ4n) is 1.44. The van der Waals surface area contributed by atoms with Crippen LogP contribution in [0.15, 0.2) is 24.8 Å². The Hall–Kier alpha value is -1.05. The first-order valence-electron chi connectivity index (χ1n) is 5.76. The van der Waals surface area contributed by atoms with E-state index in [1.165, 1.54) is 25.7 Å². The number of carboxylic acids is 1. The lowest BCUT2D eigenvalue weighted by atomic mass is 10.1. The maximum Gasteiger partial charge on any atom is 0.303 e. The van der Waals surface area contributed by atoms with Gasteiger partial charge in [-0.2, -0.15) is 0 Å². The van der Waals surface area contributed by atoms with Gasteiger partial charge in [-0.05, 0) is 19.3 Å². The Balaban J connectivity index is 3.01. The normalized spacial score (nSPS) is 10.7. The molecule has 0 atom stereocenters. The van der Waals surface area contributed by atoms with Gasteiger partial charge in [0.25, 0.3) is 0 Å². The molecule has 0 heterocycles. The molecule has 2 nitrogen and oxygen atoms in total. The summed E-state index contributed by atoms with van der Waals surface area (Å²) >= 11 is 0. The highest BCUT2D eigenvalue weighted by Crippen LogP contribution is 2.08. The van der Waals surface area contributed by atoms with E-state index in [-0.39, 0.29) is 0 Å². The number of carbonyl (C=O) groups is 1. The highest BCUT2D eigenvalue weighted by molar-refractivity contribution is 5.66. The Morgan fingerprint density at radius 1 is 1.07 bits per heavy atom. The van der Waals surface area contributed by atoms with E-state index < -0.39 is 5.97 Å². The third-order valence-electron chi connectivity index (χ3n) is 2.28. The van der Waals surface area contributed by atoms with Crippen molar-refractivity contribution in [2.75, 3.05) is 0 Å². The summed E-state index contributed by atoms with van der Waals surface area (Å²) < 4.78 is 0. The zero-order valence-corrected chi connectivity index (χ0v) is 9.45. The Morgan fingerprint density at radius 3 is 2.27 bits per heavy atom. The Morgan fingerprint density at radius 2 is 1.67 bits per heavy atom. The number of unbranched alkanes of at least 4 members (excludes halogenated alkanes) is 6. The molecule has 0 spiro atoms. The lowest BCUT2D eigenvalue weighted by molar-refractivity contribution is -0.137. The predicted octanol–water partition coefficient (Wildman–Crippen LogP) is 3.93. The molecule has 0 aromatic heterocycles. The summed E-state index contributed by atoms with van der Waals surface area (Å²) in [5, 5.41) is 8.42. The van der Waals surface area contributed by atoms with Crippen molar-refractivity contribution in [1.82, 2.24) is 0 Å². The van der Waals surface area contributed by atoms with E-state index in [9.17, 15) is 4.79 Å². The van der Waals surface area contributed by atoms with Crippen LogP contribution in [-0.4, -0.2) is 11.1 Å². The minimum Gasteiger partial charge on any atom is -0.481 e. The van der Waals surface area contributed by atoms with E-state index in [0.717, 1.165) is 19.3 Å². The van der Waals surface area contributed by atoms with Crippen molar-refractivity contribution in [3.8, 4) is 0 Å². The molecule has 0 aromatic carbocycles. The van der Waals surface area contributed by atoms with E-state index in [2.05, 4.69) is 12.7 Å². The fraction of sp³-hybridized carbons (Fsp3) is 0.615. The first-order chi connectivity index (χ1) is 7.27. The van der Waals surface area contributed by atoms with Crippen molar-refractivity contribution in [1.29, 1.82) is 0 Å². The van der Waals surface area contributed by atoms with Gasteiger partial charge in [-0.15, -0.1) is 0 Å². The van der Waals surface area contributed by atoms with Crippen molar-refractivity contribution in [2.45, 2.75) is 51.4 Å². The van der Waals surface area contributed by atoms with Crippen molar-refractivity contribution >= 4 is 5.97 Å². The van der Waals surface area contributed by atoms with Gasteiger partial charge in [0.05, 0.1) is 0 Å². The van der Waals surface area contributed by atoms with Crippen LogP contribution in [0.25, 0.3) is 0 Å². The molecule has 0 saturated heterocycles. The van der Waals surface area contributed by atoms with Gasteiger partial charge in [-0.3, -0.25) is 4.79 Å². The van der Waals surface area contributed by atoms with Crippen molar-refractivity contribution in [3.63, 3.8) is 0 Å². The van der Waals surface area contributed by atoms with Crippen LogP contribution in [0.1, 0.15) is 51.4 Å². The molecule has 86 valence electrons. The van der Waals surface area contributed by atoms with Crippen LogP contribution in [0, 0.1) is 0 Å². The van der Waals surface area contributed by atoms with Crippen molar-refractivity contribution in [2.24, 2.45) is 0 Å². The average molecular weight is 210 g/mol. The summed E-state index contributed by atoms with van der Waals surface area (Å²) in [5.41, 5.74) is 0. The van der Waals surface area contributed by atoms with E-state index in [1.54, 1.807) is 6.08 Å². The molecule has 0 saturated carbocycles. The summed E-state index contributed by atoms with van der Waals surface area (Å²) in [7, 11) is 0. The Labute approximate surface area is 92.7 Å². The summed E-state index contributed by atoms with van der Waals surface area (Å²) in [4.78, 5) is 10.2. The number of rotatable bonds is 10. The maximum absolute atomic E-state index is 10.2. The summed E-state index contributed by atoms with van der Waals surface area (Å²) in [6.07, 6.45) is 14.1. The van der Waals surface area contributed by atoms with Crippen LogP contribution in [0.3, 0.4) is 0 Å². The van der Waals surface area contributed by atoms with Gasteiger partial charge >= 0.3 is 5.97 Å². The number of aliphatic carboxylic acids is 1. The first-order valence-corrected chi connectivity index (χ1v) is 5.76. The number of allylic oxidation sites excluding steroid dienone is 3. The summed E-state index contributed by atoms with van der Waals surface area (Å²) in [6, 6.07) is 0. The summed E-state index contributed by atoms with van der Waals surface area (Å²) in [5.74, 6) is -0.676. The topological polar surface area (TPSA) is 37.3 Å². The van der Waals surface area contributed by atoms with E-state index in [1.807, 2.05) is 6.08 Å². The molecule has 0 rings (SSSR count). The second-order valence-electron chi connectivity index (χ2n) is 3.72. The zero-order valence-electron chi connectivity index (χ0n) is 9.45. The molecule has 0 radical (unpaired) electrons. The van der Waals surface area contributed by atoms with Gasteiger partial charge in [0.15, 0.2) is 0 Å². The fourth-order valence-corrected chi connectivity index (χ4v) is 1.44. The van der Waals surface area contributed by atoms with Crippen LogP contribution in [0.2, 0.25) is 0 Å². The van der Waals surface area contributed by atoms with Gasteiger partial charge in [0.2, 0.25) is 0 Å². The zero-order chi connectivity index (χ0) is 11.4. The molecule has 0 unspecified atom stereocenters. The smallest absolute Gasteiger partial charge is 0.303 e. The number of carboxylic acid groups (broad SMARTS) is 1.